The molecule has 2 aromatic heterocycles. The second kappa shape index (κ2) is 12.2. The van der Waals surface area contributed by atoms with E-state index in [4.69, 9.17) is 4.99 Å². The molecule has 0 bridgehead atoms. The monoisotopic (exact) mass is 717 g/mol. The van der Waals surface area contributed by atoms with Crippen molar-refractivity contribution in [2.24, 2.45) is 4.99 Å². The Hall–Kier alpha value is -7.21. The first-order valence-corrected chi connectivity index (χ1v) is 19.3. The van der Waals surface area contributed by atoms with Gasteiger partial charge in [0.2, 0.25) is 0 Å². The van der Waals surface area contributed by atoms with Crippen LogP contribution in [0.2, 0.25) is 0 Å². The zero-order chi connectivity index (χ0) is 36.7. The maximum Gasteiger partial charge on any atom is 0.150 e. The number of aromatic nitrogens is 2. The van der Waals surface area contributed by atoms with Crippen LogP contribution in [0.15, 0.2) is 205 Å². The molecule has 0 saturated carbocycles. The predicted molar refractivity (Wildman–Crippen MR) is 229 cm³/mol. The first-order chi connectivity index (χ1) is 27.8. The fourth-order valence-corrected chi connectivity index (χ4v) is 9.07. The lowest BCUT2D eigenvalue weighted by Gasteiger charge is -2.12. The average Bonchev–Trinajstić information content (AvgIpc) is 3.54. The van der Waals surface area contributed by atoms with E-state index in [1.807, 2.05) is 0 Å². The quantitative estimate of drug-likeness (QED) is 0.160. The topological polar surface area (TPSA) is 28.2 Å². The first kappa shape index (κ1) is 31.2. The molecule has 56 heavy (non-hydrogen) atoms. The first-order valence-electron chi connectivity index (χ1n) is 19.3. The summed E-state index contributed by atoms with van der Waals surface area (Å²) in [7, 11) is 0. The van der Waals surface area contributed by atoms with Crippen LogP contribution in [-0.2, 0) is 0 Å². The number of aliphatic imine (C=N–C) groups is 1. The smallest absolute Gasteiger partial charge is 0.150 e. The Morgan fingerprint density at radius 3 is 1.38 bits per heavy atom. The molecular weight excluding hydrogens is 683 g/mol. The highest BCUT2D eigenvalue weighted by molar-refractivity contribution is 6.12. The molecule has 5 nitrogen and oxygen atoms in total. The van der Waals surface area contributed by atoms with Crippen LogP contribution in [0.25, 0.3) is 66.1 Å². The van der Waals surface area contributed by atoms with Crippen molar-refractivity contribution in [1.29, 1.82) is 0 Å². The summed E-state index contributed by atoms with van der Waals surface area (Å²) in [5.74, 6) is 1.01. The second-order valence-corrected chi connectivity index (χ2v) is 14.8. The third kappa shape index (κ3) is 4.68. The van der Waals surface area contributed by atoms with Crippen molar-refractivity contribution < 1.29 is 0 Å². The van der Waals surface area contributed by atoms with Crippen molar-refractivity contribution in [3.05, 3.63) is 217 Å². The summed E-state index contributed by atoms with van der Waals surface area (Å²) in [5.41, 5.74) is 13.1. The molecule has 12 rings (SSSR count). The van der Waals surface area contributed by atoms with Crippen molar-refractivity contribution >= 4 is 49.4 Å². The molecule has 1 saturated heterocycles. The van der Waals surface area contributed by atoms with Gasteiger partial charge in [0.05, 0.1) is 22.1 Å². The average molecular weight is 718 g/mol. The molecule has 8 aromatic carbocycles. The van der Waals surface area contributed by atoms with E-state index in [1.165, 1.54) is 71.6 Å². The number of hydrazine groups is 1. The van der Waals surface area contributed by atoms with Gasteiger partial charge in [0.25, 0.3) is 0 Å². The van der Waals surface area contributed by atoms with E-state index in [0.717, 1.165) is 17.1 Å². The summed E-state index contributed by atoms with van der Waals surface area (Å²) in [6.45, 7) is 0. The SMILES string of the molecule is c1ccc(C2N=C(c3ccc(-n4c5ccccc5c5cc(-c6ccc7c(c6)c6ccccc6n7-c6ccccc6)ccc54)cc3)N3C(c4ccccc4)N23)cc1. The van der Waals surface area contributed by atoms with Gasteiger partial charge in [0.15, 0.2) is 0 Å². The molecule has 3 unspecified atom stereocenters. The molecule has 4 heterocycles. The van der Waals surface area contributed by atoms with Crippen molar-refractivity contribution in [1.82, 2.24) is 19.2 Å². The highest BCUT2D eigenvalue weighted by Crippen LogP contribution is 2.54. The zero-order valence-corrected chi connectivity index (χ0v) is 30.4. The Bertz CT molecular complexity index is 3140. The van der Waals surface area contributed by atoms with Crippen LogP contribution in [0.4, 0.5) is 0 Å². The van der Waals surface area contributed by atoms with Gasteiger partial charge in [-0.15, -0.1) is 0 Å². The zero-order valence-electron chi connectivity index (χ0n) is 30.4. The molecule has 264 valence electrons. The molecule has 0 radical (unpaired) electrons. The number of hydrogen-bond donors (Lipinski definition) is 0. The lowest BCUT2D eigenvalue weighted by atomic mass is 10.0. The van der Waals surface area contributed by atoms with Gasteiger partial charge in [-0.2, -0.15) is 5.01 Å². The molecule has 2 aliphatic heterocycles. The van der Waals surface area contributed by atoms with Crippen molar-refractivity contribution in [2.45, 2.75) is 12.3 Å². The van der Waals surface area contributed by atoms with Crippen molar-refractivity contribution in [2.75, 3.05) is 0 Å². The fraction of sp³-hybridized carbons (Fsp3) is 0.0392. The van der Waals surface area contributed by atoms with Gasteiger partial charge in [0.1, 0.15) is 18.2 Å². The second-order valence-electron chi connectivity index (χ2n) is 14.8. The van der Waals surface area contributed by atoms with Crippen LogP contribution in [0, 0.1) is 0 Å². The van der Waals surface area contributed by atoms with E-state index in [9.17, 15) is 0 Å². The largest absolute Gasteiger partial charge is 0.309 e. The molecule has 10 aromatic rings. The number of fused-ring (bicyclic) bond motifs is 7. The van der Waals surface area contributed by atoms with Gasteiger partial charge < -0.3 is 9.13 Å². The molecule has 0 amide bonds. The third-order valence-corrected chi connectivity index (χ3v) is 11.7. The normalized spacial score (nSPS) is 17.5. The van der Waals surface area contributed by atoms with E-state index >= 15 is 0 Å². The highest BCUT2D eigenvalue weighted by Gasteiger charge is 2.57. The Kier molecular flexibility index (Phi) is 6.76. The van der Waals surface area contributed by atoms with Gasteiger partial charge in [-0.05, 0) is 95.1 Å². The molecule has 0 spiro atoms. The number of rotatable bonds is 6. The maximum atomic E-state index is 5.28. The Balaban J connectivity index is 0.936. The predicted octanol–water partition coefficient (Wildman–Crippen LogP) is 12.2. The summed E-state index contributed by atoms with van der Waals surface area (Å²) in [5, 5.41) is 9.73. The summed E-state index contributed by atoms with van der Waals surface area (Å²) in [6.07, 6.45) is 0.120. The Morgan fingerprint density at radius 1 is 0.357 bits per heavy atom. The van der Waals surface area contributed by atoms with Gasteiger partial charge >= 0.3 is 0 Å². The third-order valence-electron chi connectivity index (χ3n) is 11.7. The lowest BCUT2D eigenvalue weighted by molar-refractivity contribution is 0.341. The van der Waals surface area contributed by atoms with E-state index in [1.54, 1.807) is 0 Å². The van der Waals surface area contributed by atoms with Crippen LogP contribution >= 0.6 is 0 Å². The van der Waals surface area contributed by atoms with E-state index in [0.29, 0.717) is 0 Å². The Labute approximate surface area is 324 Å². The van der Waals surface area contributed by atoms with E-state index in [-0.39, 0.29) is 12.3 Å². The summed E-state index contributed by atoms with van der Waals surface area (Å²) in [6, 6.07) is 72.3. The van der Waals surface area contributed by atoms with Crippen LogP contribution in [0.1, 0.15) is 29.0 Å². The van der Waals surface area contributed by atoms with Crippen LogP contribution in [0.5, 0.6) is 0 Å². The number of para-hydroxylation sites is 3. The molecule has 0 N–H and O–H groups in total. The molecule has 5 heteroatoms. The molecule has 1 fully saturated rings. The highest BCUT2D eigenvalue weighted by atomic mass is 15.9. The van der Waals surface area contributed by atoms with Gasteiger partial charge in [-0.25, -0.2) is 4.99 Å². The summed E-state index contributed by atoms with van der Waals surface area (Å²) >= 11 is 0. The molecule has 2 aliphatic rings. The minimum atomic E-state index is -0.0502. The minimum absolute atomic E-state index is 0.0502. The number of amidine groups is 1. The van der Waals surface area contributed by atoms with Crippen LogP contribution in [0.3, 0.4) is 0 Å². The standard InChI is InChI=1S/C51H35N5/c1-4-14-34(15-5-1)49-52-50(56-51(55(49)56)36-16-6-2-7-17-36)35-24-28-40(29-25-35)54-46-23-13-11-21-42(46)44-33-38(27-31-48(44)54)37-26-30-47-43(32-37)41-20-10-12-22-45(41)53(47)39-18-8-3-9-19-39/h1-33,49,51H. The van der Waals surface area contributed by atoms with Gasteiger partial charge in [-0.1, -0.05) is 127 Å². The fourth-order valence-electron chi connectivity index (χ4n) is 9.07. The minimum Gasteiger partial charge on any atom is -0.309 e. The number of nitrogens with zero attached hydrogens (tertiary/aromatic N) is 5. The molecular formula is C51H35N5. The van der Waals surface area contributed by atoms with Crippen molar-refractivity contribution in [3.63, 3.8) is 0 Å². The summed E-state index contributed by atoms with van der Waals surface area (Å²) < 4.78 is 4.77. The number of benzene rings is 8. The van der Waals surface area contributed by atoms with Crippen LogP contribution in [-0.4, -0.2) is 25.0 Å². The van der Waals surface area contributed by atoms with Crippen molar-refractivity contribution in [3.8, 4) is 22.5 Å². The maximum absolute atomic E-state index is 5.28. The molecule has 3 atom stereocenters. The van der Waals surface area contributed by atoms with Crippen LogP contribution < -0.4 is 0 Å². The van der Waals surface area contributed by atoms with E-state index in [2.05, 4.69) is 219 Å². The summed E-state index contributed by atoms with van der Waals surface area (Å²) in [4.78, 5) is 5.28. The Morgan fingerprint density at radius 2 is 0.804 bits per heavy atom. The molecule has 0 aliphatic carbocycles. The number of hydrogen-bond acceptors (Lipinski definition) is 3. The van der Waals surface area contributed by atoms with Gasteiger partial charge in [-0.3, -0.25) is 5.01 Å². The lowest BCUT2D eigenvalue weighted by Crippen LogP contribution is -2.11. The van der Waals surface area contributed by atoms with Gasteiger partial charge in [0, 0.05) is 38.5 Å². The van der Waals surface area contributed by atoms with E-state index < -0.39 is 0 Å².